The van der Waals surface area contributed by atoms with Crippen LogP contribution in [0.3, 0.4) is 0 Å². The number of carboxylic acids is 1. The fourth-order valence-corrected chi connectivity index (χ4v) is 3.07. The van der Waals surface area contributed by atoms with Gasteiger partial charge in [-0.1, -0.05) is 18.0 Å². The van der Waals surface area contributed by atoms with Crippen LogP contribution in [0.1, 0.15) is 29.6 Å². The van der Waals surface area contributed by atoms with Gasteiger partial charge in [0, 0.05) is 24.2 Å². The molecule has 3 nitrogen and oxygen atoms in total. The van der Waals surface area contributed by atoms with Crippen LogP contribution in [0.15, 0.2) is 18.2 Å². The molecule has 17 heavy (non-hydrogen) atoms. The molecule has 0 aromatic heterocycles. The van der Waals surface area contributed by atoms with Crippen molar-refractivity contribution in [3.05, 3.63) is 28.8 Å². The molecular formula is C13H14ClNO2. The third-order valence-electron chi connectivity index (χ3n) is 4.01. The van der Waals surface area contributed by atoms with E-state index in [1.165, 1.54) is 19.3 Å². The summed E-state index contributed by atoms with van der Waals surface area (Å²) in [5, 5.41) is 9.22. The number of anilines is 1. The molecule has 1 aromatic rings. The molecule has 1 N–H and O–H groups in total. The van der Waals surface area contributed by atoms with Crippen LogP contribution < -0.4 is 4.90 Å². The number of carboxylic acid groups (broad SMARTS) is 1. The first-order valence-electron chi connectivity index (χ1n) is 5.88. The van der Waals surface area contributed by atoms with Gasteiger partial charge in [0.25, 0.3) is 0 Å². The van der Waals surface area contributed by atoms with Crippen LogP contribution in [0.4, 0.5) is 5.69 Å². The van der Waals surface area contributed by atoms with E-state index in [1.54, 1.807) is 12.1 Å². The molecule has 2 aliphatic rings. The summed E-state index contributed by atoms with van der Waals surface area (Å²) in [7, 11) is 0. The van der Waals surface area contributed by atoms with Gasteiger partial charge in [-0.15, -0.1) is 0 Å². The lowest BCUT2D eigenvalue weighted by Crippen LogP contribution is -2.59. The van der Waals surface area contributed by atoms with Crippen molar-refractivity contribution in [3.63, 3.8) is 0 Å². The molecule has 1 aliphatic heterocycles. The number of halogens is 1. The highest BCUT2D eigenvalue weighted by Gasteiger charge is 2.47. The highest BCUT2D eigenvalue weighted by atomic mass is 35.5. The van der Waals surface area contributed by atoms with E-state index in [4.69, 9.17) is 16.7 Å². The highest BCUT2D eigenvalue weighted by Crippen LogP contribution is 2.49. The van der Waals surface area contributed by atoms with Crippen molar-refractivity contribution in [3.8, 4) is 0 Å². The molecule has 1 saturated carbocycles. The minimum Gasteiger partial charge on any atom is -0.478 e. The third-order valence-corrected chi connectivity index (χ3v) is 4.33. The van der Waals surface area contributed by atoms with Crippen LogP contribution in [-0.2, 0) is 0 Å². The fourth-order valence-electron chi connectivity index (χ4n) is 2.81. The highest BCUT2D eigenvalue weighted by molar-refractivity contribution is 6.33. The molecule has 90 valence electrons. The Hall–Kier alpha value is -1.22. The minimum absolute atomic E-state index is 0.175. The number of rotatable bonds is 2. The number of hydrogen-bond donors (Lipinski definition) is 1. The number of carbonyl (C=O) groups is 1. The molecule has 0 bridgehead atoms. The Labute approximate surface area is 105 Å². The van der Waals surface area contributed by atoms with Crippen LogP contribution in [-0.4, -0.2) is 24.2 Å². The van der Waals surface area contributed by atoms with Crippen LogP contribution in [0.2, 0.25) is 5.02 Å². The Morgan fingerprint density at radius 2 is 2.06 bits per heavy atom. The Morgan fingerprint density at radius 1 is 1.35 bits per heavy atom. The molecule has 0 amide bonds. The van der Waals surface area contributed by atoms with Gasteiger partial charge in [-0.05, 0) is 31.0 Å². The maximum absolute atomic E-state index is 10.8. The van der Waals surface area contributed by atoms with Crippen LogP contribution in [0.5, 0.6) is 0 Å². The van der Waals surface area contributed by atoms with Crippen molar-refractivity contribution in [2.75, 3.05) is 18.0 Å². The normalized spacial score (nSPS) is 20.9. The molecule has 4 heteroatoms. The predicted octanol–water partition coefficient (Wildman–Crippen LogP) is 3.03. The summed E-state index contributed by atoms with van der Waals surface area (Å²) < 4.78 is 0. The maximum Gasteiger partial charge on any atom is 0.337 e. The summed E-state index contributed by atoms with van der Waals surface area (Å²) >= 11 is 5.96. The van der Waals surface area contributed by atoms with Gasteiger partial charge in [0.1, 0.15) is 0 Å². The van der Waals surface area contributed by atoms with Gasteiger partial charge < -0.3 is 10.0 Å². The number of hydrogen-bond acceptors (Lipinski definition) is 2. The average Bonchev–Trinajstić information content (AvgIpc) is 2.12. The molecule has 1 heterocycles. The topological polar surface area (TPSA) is 40.5 Å². The molecule has 1 spiro atoms. The van der Waals surface area contributed by atoms with Crippen molar-refractivity contribution < 1.29 is 9.90 Å². The van der Waals surface area contributed by atoms with Gasteiger partial charge in [-0.3, -0.25) is 0 Å². The largest absolute Gasteiger partial charge is 0.478 e. The van der Waals surface area contributed by atoms with E-state index in [9.17, 15) is 4.79 Å². The van der Waals surface area contributed by atoms with Crippen LogP contribution in [0.25, 0.3) is 0 Å². The van der Waals surface area contributed by atoms with E-state index in [0.29, 0.717) is 10.4 Å². The van der Waals surface area contributed by atoms with Crippen molar-refractivity contribution in [1.82, 2.24) is 0 Å². The predicted molar refractivity (Wildman–Crippen MR) is 66.9 cm³/mol. The number of benzene rings is 1. The van der Waals surface area contributed by atoms with Crippen molar-refractivity contribution in [2.24, 2.45) is 5.41 Å². The van der Waals surface area contributed by atoms with E-state index < -0.39 is 5.97 Å². The summed E-state index contributed by atoms with van der Waals surface area (Å²) in [6.07, 6.45) is 4.03. The second kappa shape index (κ2) is 3.64. The van der Waals surface area contributed by atoms with Gasteiger partial charge >= 0.3 is 5.97 Å². The SMILES string of the molecule is O=C(O)c1ccc(N2CC3(CCC3)C2)cc1Cl. The lowest BCUT2D eigenvalue weighted by atomic mass is 9.63. The second-order valence-electron chi connectivity index (χ2n) is 5.18. The van der Waals surface area contributed by atoms with Gasteiger partial charge in [-0.25, -0.2) is 4.79 Å². The molecule has 2 fully saturated rings. The first-order chi connectivity index (χ1) is 8.10. The van der Waals surface area contributed by atoms with Gasteiger partial charge in [-0.2, -0.15) is 0 Å². The maximum atomic E-state index is 10.8. The molecule has 1 aliphatic carbocycles. The zero-order valence-electron chi connectivity index (χ0n) is 9.45. The Morgan fingerprint density at radius 3 is 2.53 bits per heavy atom. The van der Waals surface area contributed by atoms with Gasteiger partial charge in [0.2, 0.25) is 0 Å². The van der Waals surface area contributed by atoms with E-state index in [-0.39, 0.29) is 5.56 Å². The Bertz CT molecular complexity index is 474. The van der Waals surface area contributed by atoms with Crippen molar-refractivity contribution >= 4 is 23.3 Å². The third kappa shape index (κ3) is 1.69. The van der Waals surface area contributed by atoms with E-state index in [2.05, 4.69) is 4.90 Å². The Kier molecular flexibility index (Phi) is 2.33. The average molecular weight is 252 g/mol. The van der Waals surface area contributed by atoms with E-state index in [0.717, 1.165) is 18.8 Å². The molecule has 0 unspecified atom stereocenters. The minimum atomic E-state index is -0.972. The summed E-state index contributed by atoms with van der Waals surface area (Å²) in [5.74, 6) is -0.972. The number of aromatic carboxylic acids is 1. The van der Waals surface area contributed by atoms with E-state index in [1.807, 2.05) is 6.07 Å². The quantitative estimate of drug-likeness (QED) is 0.878. The van der Waals surface area contributed by atoms with Crippen molar-refractivity contribution in [1.29, 1.82) is 0 Å². The molecule has 1 saturated heterocycles. The standard InChI is InChI=1S/C13H14ClNO2/c14-11-6-9(2-3-10(11)12(16)17)15-7-13(8-15)4-1-5-13/h2-3,6H,1,4-5,7-8H2,(H,16,17). The van der Waals surface area contributed by atoms with Gasteiger partial charge in [0.15, 0.2) is 0 Å². The molecule has 3 rings (SSSR count). The summed E-state index contributed by atoms with van der Waals surface area (Å²) in [4.78, 5) is 13.1. The first-order valence-corrected chi connectivity index (χ1v) is 6.25. The zero-order valence-corrected chi connectivity index (χ0v) is 10.2. The van der Waals surface area contributed by atoms with E-state index >= 15 is 0 Å². The molecule has 0 radical (unpaired) electrons. The lowest BCUT2D eigenvalue weighted by molar-refractivity contribution is 0.0697. The smallest absolute Gasteiger partial charge is 0.337 e. The first kappa shape index (κ1) is 10.9. The fraction of sp³-hybridized carbons (Fsp3) is 0.462. The van der Waals surface area contributed by atoms with Crippen LogP contribution >= 0.6 is 11.6 Å². The van der Waals surface area contributed by atoms with Crippen LogP contribution in [0, 0.1) is 5.41 Å². The zero-order chi connectivity index (χ0) is 12.0. The molecular weight excluding hydrogens is 238 g/mol. The second-order valence-corrected chi connectivity index (χ2v) is 5.59. The summed E-state index contributed by atoms with van der Waals surface area (Å²) in [5.41, 5.74) is 1.78. The monoisotopic (exact) mass is 251 g/mol. The van der Waals surface area contributed by atoms with Crippen molar-refractivity contribution in [2.45, 2.75) is 19.3 Å². The lowest BCUT2D eigenvalue weighted by Gasteiger charge is -2.57. The Balaban J connectivity index is 1.77. The molecule has 1 aromatic carbocycles. The molecule has 0 atom stereocenters. The number of nitrogens with zero attached hydrogens (tertiary/aromatic N) is 1. The van der Waals surface area contributed by atoms with Gasteiger partial charge in [0.05, 0.1) is 10.6 Å². The summed E-state index contributed by atoms with van der Waals surface area (Å²) in [6, 6.07) is 5.20. The summed E-state index contributed by atoms with van der Waals surface area (Å²) in [6.45, 7) is 2.19.